The molecule has 0 saturated heterocycles. The Morgan fingerprint density at radius 1 is 1.40 bits per heavy atom. The van der Waals surface area contributed by atoms with Crippen LogP contribution in [0.4, 0.5) is 11.6 Å². The van der Waals surface area contributed by atoms with Crippen molar-refractivity contribution in [3.05, 3.63) is 45.7 Å². The smallest absolute Gasteiger partial charge is 0.335 e. The average molecular weight is 333 g/mol. The van der Waals surface area contributed by atoms with Crippen molar-refractivity contribution in [2.45, 2.75) is 6.92 Å². The number of carboxylic acid groups (broad SMARTS) is 1. The molecule has 0 bridgehead atoms. The molecule has 0 aliphatic rings. The van der Waals surface area contributed by atoms with Crippen LogP contribution in [0.2, 0.25) is 0 Å². The van der Waals surface area contributed by atoms with E-state index in [4.69, 9.17) is 10.4 Å². The molecular weight excluding hydrogens is 324 g/mol. The SMILES string of the molecule is Cc1cc(C#N)nc(Nc2ccc(C(=O)O)cc2Br)n1. The lowest BCUT2D eigenvalue weighted by Crippen LogP contribution is -2.02. The van der Waals surface area contributed by atoms with Crippen molar-refractivity contribution in [3.63, 3.8) is 0 Å². The number of aromatic carboxylic acids is 1. The molecule has 0 atom stereocenters. The lowest BCUT2D eigenvalue weighted by molar-refractivity contribution is 0.0697. The fraction of sp³-hybridized carbons (Fsp3) is 0.0769. The molecule has 2 N–H and O–H groups in total. The van der Waals surface area contributed by atoms with E-state index in [-0.39, 0.29) is 17.2 Å². The second-order valence-corrected chi connectivity index (χ2v) is 4.81. The molecule has 20 heavy (non-hydrogen) atoms. The van der Waals surface area contributed by atoms with Gasteiger partial charge >= 0.3 is 5.97 Å². The molecule has 0 amide bonds. The third kappa shape index (κ3) is 3.10. The van der Waals surface area contributed by atoms with E-state index < -0.39 is 5.97 Å². The molecule has 0 aliphatic heterocycles. The number of aryl methyl sites for hydroxylation is 1. The van der Waals surface area contributed by atoms with Crippen molar-refractivity contribution in [1.29, 1.82) is 5.26 Å². The monoisotopic (exact) mass is 332 g/mol. The number of carbonyl (C=O) groups is 1. The first-order valence-corrected chi connectivity index (χ1v) is 6.34. The van der Waals surface area contributed by atoms with Crippen LogP contribution in [0, 0.1) is 18.3 Å². The first-order valence-electron chi connectivity index (χ1n) is 5.55. The van der Waals surface area contributed by atoms with Crippen LogP contribution in [0.3, 0.4) is 0 Å². The van der Waals surface area contributed by atoms with Gasteiger partial charge in [-0.1, -0.05) is 0 Å². The van der Waals surface area contributed by atoms with E-state index in [0.29, 0.717) is 15.9 Å². The summed E-state index contributed by atoms with van der Waals surface area (Å²) in [5.74, 6) is -0.721. The number of nitrogens with one attached hydrogen (secondary N) is 1. The van der Waals surface area contributed by atoms with E-state index in [9.17, 15) is 4.79 Å². The van der Waals surface area contributed by atoms with Crippen LogP contribution < -0.4 is 5.32 Å². The Morgan fingerprint density at radius 2 is 2.15 bits per heavy atom. The molecular formula is C13H9BrN4O2. The van der Waals surface area contributed by atoms with Crippen LogP contribution >= 0.6 is 15.9 Å². The topological polar surface area (TPSA) is 98.9 Å². The standard InChI is InChI=1S/C13H9BrN4O2/c1-7-4-9(6-15)17-13(16-7)18-11-3-2-8(12(19)20)5-10(11)14/h2-5H,1H3,(H,19,20)(H,16,17,18). The third-order valence-electron chi connectivity index (χ3n) is 2.43. The summed E-state index contributed by atoms with van der Waals surface area (Å²) in [5.41, 5.74) is 1.71. The van der Waals surface area contributed by atoms with Crippen molar-refractivity contribution in [3.8, 4) is 6.07 Å². The second-order valence-electron chi connectivity index (χ2n) is 3.95. The van der Waals surface area contributed by atoms with Crippen molar-refractivity contribution in [2.75, 3.05) is 5.32 Å². The van der Waals surface area contributed by atoms with Crippen LogP contribution in [0.15, 0.2) is 28.7 Å². The number of benzene rings is 1. The van der Waals surface area contributed by atoms with Crippen LogP contribution in [0.25, 0.3) is 0 Å². The molecule has 1 aromatic heterocycles. The number of carboxylic acids is 1. The normalized spacial score (nSPS) is 9.85. The minimum atomic E-state index is -1.00. The zero-order valence-corrected chi connectivity index (χ0v) is 12.0. The number of nitrogens with zero attached hydrogens (tertiary/aromatic N) is 3. The van der Waals surface area contributed by atoms with Crippen molar-refractivity contribution in [2.24, 2.45) is 0 Å². The number of halogens is 1. The molecule has 2 rings (SSSR count). The van der Waals surface area contributed by atoms with Gasteiger partial charge in [-0.2, -0.15) is 5.26 Å². The average Bonchev–Trinajstić information content (AvgIpc) is 2.40. The maximum atomic E-state index is 10.8. The molecule has 100 valence electrons. The van der Waals surface area contributed by atoms with Gasteiger partial charge in [-0.3, -0.25) is 0 Å². The van der Waals surface area contributed by atoms with Gasteiger partial charge in [0.1, 0.15) is 11.8 Å². The summed E-state index contributed by atoms with van der Waals surface area (Å²) in [4.78, 5) is 19.0. The summed E-state index contributed by atoms with van der Waals surface area (Å²) in [6.45, 7) is 1.76. The molecule has 0 radical (unpaired) electrons. The number of anilines is 2. The van der Waals surface area contributed by atoms with Gasteiger partial charge < -0.3 is 10.4 Å². The molecule has 0 aliphatic carbocycles. The van der Waals surface area contributed by atoms with Gasteiger partial charge in [0.15, 0.2) is 0 Å². The number of hydrogen-bond acceptors (Lipinski definition) is 5. The maximum Gasteiger partial charge on any atom is 0.335 e. The quantitative estimate of drug-likeness (QED) is 0.896. The molecule has 0 spiro atoms. The minimum absolute atomic E-state index is 0.172. The zero-order chi connectivity index (χ0) is 14.7. The number of rotatable bonds is 3. The highest BCUT2D eigenvalue weighted by Crippen LogP contribution is 2.26. The maximum absolute atomic E-state index is 10.8. The van der Waals surface area contributed by atoms with E-state index in [1.807, 2.05) is 6.07 Å². The van der Waals surface area contributed by atoms with Gasteiger partial charge in [0.2, 0.25) is 5.95 Å². The Hall–Kier alpha value is -2.46. The van der Waals surface area contributed by atoms with Gasteiger partial charge in [0.25, 0.3) is 0 Å². The highest BCUT2D eigenvalue weighted by molar-refractivity contribution is 9.10. The lowest BCUT2D eigenvalue weighted by Gasteiger charge is -2.08. The Kier molecular flexibility index (Phi) is 3.96. The van der Waals surface area contributed by atoms with Gasteiger partial charge in [0.05, 0.1) is 11.3 Å². The summed E-state index contributed by atoms with van der Waals surface area (Å²) in [6, 6.07) is 8.08. The largest absolute Gasteiger partial charge is 0.478 e. The first kappa shape index (κ1) is 14.0. The first-order chi connectivity index (χ1) is 9.49. The highest BCUT2D eigenvalue weighted by atomic mass is 79.9. The van der Waals surface area contributed by atoms with E-state index >= 15 is 0 Å². The van der Waals surface area contributed by atoms with E-state index in [1.165, 1.54) is 12.1 Å². The molecule has 6 nitrogen and oxygen atoms in total. The number of nitriles is 1. The fourth-order valence-corrected chi connectivity index (χ4v) is 2.03. The summed E-state index contributed by atoms with van der Waals surface area (Å²) in [5, 5.41) is 20.7. The van der Waals surface area contributed by atoms with Gasteiger partial charge in [0, 0.05) is 10.2 Å². The Balaban J connectivity index is 2.33. The predicted octanol–water partition coefficient (Wildman–Crippen LogP) is 2.86. The Morgan fingerprint density at radius 3 is 2.75 bits per heavy atom. The van der Waals surface area contributed by atoms with Crippen LogP contribution in [0.1, 0.15) is 21.7 Å². The summed E-state index contributed by atoms with van der Waals surface area (Å²) in [7, 11) is 0. The molecule has 0 unspecified atom stereocenters. The van der Waals surface area contributed by atoms with Crippen LogP contribution in [-0.2, 0) is 0 Å². The molecule has 1 aromatic carbocycles. The Labute approximate surface area is 123 Å². The molecule has 7 heteroatoms. The Bertz CT molecular complexity index is 725. The highest BCUT2D eigenvalue weighted by Gasteiger charge is 2.08. The molecule has 2 aromatic rings. The summed E-state index contributed by atoms with van der Waals surface area (Å²) >= 11 is 3.28. The van der Waals surface area contributed by atoms with Crippen LogP contribution in [0.5, 0.6) is 0 Å². The van der Waals surface area contributed by atoms with Crippen molar-refractivity contribution >= 4 is 33.5 Å². The molecule has 1 heterocycles. The molecule has 0 saturated carbocycles. The summed E-state index contributed by atoms with van der Waals surface area (Å²) < 4.78 is 0.570. The van der Waals surface area contributed by atoms with E-state index in [1.54, 1.807) is 19.1 Å². The number of hydrogen-bond donors (Lipinski definition) is 2. The fourth-order valence-electron chi connectivity index (χ4n) is 1.55. The third-order valence-corrected chi connectivity index (χ3v) is 3.09. The minimum Gasteiger partial charge on any atom is -0.478 e. The van der Waals surface area contributed by atoms with Gasteiger partial charge in [-0.25, -0.2) is 14.8 Å². The second kappa shape index (κ2) is 5.67. The van der Waals surface area contributed by atoms with Gasteiger partial charge in [-0.05, 0) is 47.1 Å². The van der Waals surface area contributed by atoms with Crippen molar-refractivity contribution < 1.29 is 9.90 Å². The van der Waals surface area contributed by atoms with Crippen molar-refractivity contribution in [1.82, 2.24) is 9.97 Å². The lowest BCUT2D eigenvalue weighted by atomic mass is 10.2. The zero-order valence-electron chi connectivity index (χ0n) is 10.4. The van der Waals surface area contributed by atoms with E-state index in [0.717, 1.165) is 0 Å². The van der Waals surface area contributed by atoms with E-state index in [2.05, 4.69) is 31.2 Å². The number of aromatic nitrogens is 2. The molecule has 0 fully saturated rings. The van der Waals surface area contributed by atoms with Crippen LogP contribution in [-0.4, -0.2) is 21.0 Å². The summed E-state index contributed by atoms with van der Waals surface area (Å²) in [6.07, 6.45) is 0. The van der Waals surface area contributed by atoms with Gasteiger partial charge in [-0.15, -0.1) is 0 Å². The predicted molar refractivity (Wildman–Crippen MR) is 75.9 cm³/mol.